The number of benzene rings is 1. The van der Waals surface area contributed by atoms with Gasteiger partial charge in [0.05, 0.1) is 19.9 Å². The van der Waals surface area contributed by atoms with Crippen LogP contribution >= 0.6 is 12.4 Å². The standard InChI is InChI=1S/C16H23N3O2.ClH/c1-12-14(11-19(2)18-12)10-17-8-7-13-5-6-15(20-3)16(9-13)21-4;/h5-6,9,11,17H,7-8,10H2,1-4H3;1H. The van der Waals surface area contributed by atoms with Crippen molar-refractivity contribution in [2.24, 2.45) is 7.05 Å². The fourth-order valence-corrected chi connectivity index (χ4v) is 2.31. The number of hydrogen-bond acceptors (Lipinski definition) is 4. The Morgan fingerprint density at radius 2 is 1.91 bits per heavy atom. The number of nitrogens with one attached hydrogen (secondary N) is 1. The van der Waals surface area contributed by atoms with Crippen molar-refractivity contribution in [3.63, 3.8) is 0 Å². The second-order valence-electron chi connectivity index (χ2n) is 5.03. The second-order valence-corrected chi connectivity index (χ2v) is 5.03. The first kappa shape index (κ1) is 18.3. The van der Waals surface area contributed by atoms with Gasteiger partial charge in [0.25, 0.3) is 0 Å². The molecule has 6 heteroatoms. The molecule has 0 amide bonds. The van der Waals surface area contributed by atoms with E-state index in [9.17, 15) is 0 Å². The highest BCUT2D eigenvalue weighted by molar-refractivity contribution is 5.85. The van der Waals surface area contributed by atoms with Crippen LogP contribution in [0, 0.1) is 6.92 Å². The van der Waals surface area contributed by atoms with Crippen molar-refractivity contribution >= 4 is 12.4 Å². The summed E-state index contributed by atoms with van der Waals surface area (Å²) in [5.41, 5.74) is 3.55. The van der Waals surface area contributed by atoms with Crippen LogP contribution in [0.2, 0.25) is 0 Å². The van der Waals surface area contributed by atoms with E-state index in [2.05, 4.69) is 22.7 Å². The van der Waals surface area contributed by atoms with E-state index in [0.29, 0.717) is 0 Å². The zero-order valence-electron chi connectivity index (χ0n) is 13.5. The summed E-state index contributed by atoms with van der Waals surface area (Å²) < 4.78 is 12.4. The third-order valence-corrected chi connectivity index (χ3v) is 3.47. The van der Waals surface area contributed by atoms with E-state index >= 15 is 0 Å². The van der Waals surface area contributed by atoms with E-state index in [1.807, 2.05) is 30.8 Å². The second kappa shape index (κ2) is 8.66. The first-order valence-electron chi connectivity index (χ1n) is 7.04. The number of halogens is 1. The van der Waals surface area contributed by atoms with Crippen LogP contribution in [0.5, 0.6) is 11.5 Å². The molecule has 1 heterocycles. The first-order chi connectivity index (χ1) is 10.1. The predicted molar refractivity (Wildman–Crippen MR) is 90.1 cm³/mol. The molecule has 0 spiro atoms. The molecule has 0 aliphatic heterocycles. The summed E-state index contributed by atoms with van der Waals surface area (Å²) in [5.74, 6) is 1.54. The maximum atomic E-state index is 5.31. The zero-order valence-corrected chi connectivity index (χ0v) is 14.4. The number of rotatable bonds is 7. The molecule has 0 saturated heterocycles. The number of aryl methyl sites for hydroxylation is 2. The van der Waals surface area contributed by atoms with E-state index in [4.69, 9.17) is 9.47 Å². The molecule has 0 bridgehead atoms. The summed E-state index contributed by atoms with van der Waals surface area (Å²) in [6.45, 7) is 3.78. The SMILES string of the molecule is COc1ccc(CCNCc2cn(C)nc2C)cc1OC.Cl. The van der Waals surface area contributed by atoms with Crippen LogP contribution in [-0.2, 0) is 20.0 Å². The average Bonchev–Trinajstić information content (AvgIpc) is 2.81. The summed E-state index contributed by atoms with van der Waals surface area (Å²) in [5, 5.41) is 7.78. The quantitative estimate of drug-likeness (QED) is 0.795. The van der Waals surface area contributed by atoms with Crippen molar-refractivity contribution in [2.75, 3.05) is 20.8 Å². The fraction of sp³-hybridized carbons (Fsp3) is 0.438. The topological polar surface area (TPSA) is 48.3 Å². The lowest BCUT2D eigenvalue weighted by Crippen LogP contribution is -2.17. The molecule has 0 aliphatic rings. The van der Waals surface area contributed by atoms with Gasteiger partial charge in [-0.3, -0.25) is 4.68 Å². The van der Waals surface area contributed by atoms with Gasteiger partial charge in [-0.1, -0.05) is 6.07 Å². The van der Waals surface area contributed by atoms with Crippen molar-refractivity contribution in [1.82, 2.24) is 15.1 Å². The number of methoxy groups -OCH3 is 2. The lowest BCUT2D eigenvalue weighted by atomic mass is 10.1. The minimum absolute atomic E-state index is 0. The molecule has 22 heavy (non-hydrogen) atoms. The lowest BCUT2D eigenvalue weighted by molar-refractivity contribution is 0.354. The highest BCUT2D eigenvalue weighted by Gasteiger charge is 2.05. The maximum absolute atomic E-state index is 5.31. The number of hydrogen-bond donors (Lipinski definition) is 1. The van der Waals surface area contributed by atoms with Gasteiger partial charge in [0, 0.05) is 25.4 Å². The van der Waals surface area contributed by atoms with Gasteiger partial charge in [-0.25, -0.2) is 0 Å². The molecule has 0 radical (unpaired) electrons. The molecule has 2 aromatic rings. The van der Waals surface area contributed by atoms with Crippen LogP contribution in [-0.4, -0.2) is 30.5 Å². The molecule has 0 unspecified atom stereocenters. The normalized spacial score (nSPS) is 10.2. The van der Waals surface area contributed by atoms with Crippen molar-refractivity contribution in [2.45, 2.75) is 19.9 Å². The Labute approximate surface area is 138 Å². The monoisotopic (exact) mass is 325 g/mol. The smallest absolute Gasteiger partial charge is 0.160 e. The summed E-state index contributed by atoms with van der Waals surface area (Å²) in [6.07, 6.45) is 3.00. The lowest BCUT2D eigenvalue weighted by Gasteiger charge is -2.10. The molecule has 1 aromatic heterocycles. The van der Waals surface area contributed by atoms with Crippen LogP contribution in [0.4, 0.5) is 0 Å². The van der Waals surface area contributed by atoms with Crippen LogP contribution in [0.1, 0.15) is 16.8 Å². The van der Waals surface area contributed by atoms with Crippen molar-refractivity contribution in [3.8, 4) is 11.5 Å². The highest BCUT2D eigenvalue weighted by Crippen LogP contribution is 2.27. The molecule has 0 atom stereocenters. The van der Waals surface area contributed by atoms with Crippen LogP contribution in [0.3, 0.4) is 0 Å². The summed E-state index contributed by atoms with van der Waals surface area (Å²) in [4.78, 5) is 0. The van der Waals surface area contributed by atoms with E-state index in [1.165, 1.54) is 11.1 Å². The third kappa shape index (κ3) is 4.64. The van der Waals surface area contributed by atoms with Gasteiger partial charge in [0.2, 0.25) is 0 Å². The Morgan fingerprint density at radius 3 is 2.50 bits per heavy atom. The Hall–Kier alpha value is -1.72. The van der Waals surface area contributed by atoms with Crippen molar-refractivity contribution in [3.05, 3.63) is 41.2 Å². The number of aromatic nitrogens is 2. The molecule has 2 rings (SSSR count). The molecule has 1 aromatic carbocycles. The fourth-order valence-electron chi connectivity index (χ4n) is 2.31. The van der Waals surface area contributed by atoms with Gasteiger partial charge >= 0.3 is 0 Å². The Morgan fingerprint density at radius 1 is 1.18 bits per heavy atom. The summed E-state index contributed by atoms with van der Waals surface area (Å²) >= 11 is 0. The molecule has 1 N–H and O–H groups in total. The minimum atomic E-state index is 0. The van der Waals surface area contributed by atoms with Crippen molar-refractivity contribution < 1.29 is 9.47 Å². The molecule has 5 nitrogen and oxygen atoms in total. The van der Waals surface area contributed by atoms with Crippen molar-refractivity contribution in [1.29, 1.82) is 0 Å². The maximum Gasteiger partial charge on any atom is 0.160 e. The number of nitrogens with zero attached hydrogens (tertiary/aromatic N) is 2. The Bertz CT molecular complexity index is 599. The van der Waals surface area contributed by atoms with Gasteiger partial charge in [-0.15, -0.1) is 12.4 Å². The summed E-state index contributed by atoms with van der Waals surface area (Å²) in [7, 11) is 5.25. The molecular weight excluding hydrogens is 302 g/mol. The van der Waals surface area contributed by atoms with Gasteiger partial charge in [-0.05, 0) is 37.6 Å². The van der Waals surface area contributed by atoms with Gasteiger partial charge in [-0.2, -0.15) is 5.10 Å². The van der Waals surface area contributed by atoms with Crippen LogP contribution in [0.25, 0.3) is 0 Å². The molecular formula is C16H24ClN3O2. The van der Waals surface area contributed by atoms with E-state index in [1.54, 1.807) is 14.2 Å². The summed E-state index contributed by atoms with van der Waals surface area (Å²) in [6, 6.07) is 6.04. The van der Waals surface area contributed by atoms with E-state index < -0.39 is 0 Å². The highest BCUT2D eigenvalue weighted by atomic mass is 35.5. The molecule has 0 aliphatic carbocycles. The Kier molecular flexibility index (Phi) is 7.21. The van der Waals surface area contributed by atoms with Crippen LogP contribution < -0.4 is 14.8 Å². The van der Waals surface area contributed by atoms with Gasteiger partial charge in [0.1, 0.15) is 0 Å². The van der Waals surface area contributed by atoms with E-state index in [-0.39, 0.29) is 12.4 Å². The van der Waals surface area contributed by atoms with E-state index in [0.717, 1.165) is 36.7 Å². The van der Waals surface area contributed by atoms with Gasteiger partial charge in [0.15, 0.2) is 11.5 Å². The molecule has 0 fully saturated rings. The zero-order chi connectivity index (χ0) is 15.2. The van der Waals surface area contributed by atoms with Crippen LogP contribution in [0.15, 0.2) is 24.4 Å². The molecule has 0 saturated carbocycles. The predicted octanol–water partition coefficient (Wildman–Crippen LogP) is 2.50. The number of ether oxygens (including phenoxy) is 2. The largest absolute Gasteiger partial charge is 0.493 e. The first-order valence-corrected chi connectivity index (χ1v) is 7.04. The third-order valence-electron chi connectivity index (χ3n) is 3.47. The average molecular weight is 326 g/mol. The molecule has 122 valence electrons. The Balaban J connectivity index is 0.00000242. The van der Waals surface area contributed by atoms with Gasteiger partial charge < -0.3 is 14.8 Å². The minimum Gasteiger partial charge on any atom is -0.493 e.